The minimum absolute atomic E-state index is 0.0279. The number of carbonyl (C=O) groups is 2. The number of halogens is 3. The highest BCUT2D eigenvalue weighted by molar-refractivity contribution is 7.92. The molecule has 0 heterocycles. The van der Waals surface area contributed by atoms with Crippen LogP contribution in [0.2, 0.25) is 15.1 Å². The highest BCUT2D eigenvalue weighted by Crippen LogP contribution is 2.35. The number of aryl methyl sites for hydroxylation is 1. The molecule has 0 aromatic heterocycles. The Balaban J connectivity index is 2.16. The molecule has 12 heteroatoms. The molecule has 0 radical (unpaired) electrons. The molecule has 0 fully saturated rings. The number of sulfonamides is 1. The van der Waals surface area contributed by atoms with Crippen LogP contribution in [0.15, 0.2) is 65.6 Å². The Hall–Kier alpha value is -2.98. The summed E-state index contributed by atoms with van der Waals surface area (Å²) in [6.45, 7) is 6.52. The third-order valence-electron chi connectivity index (χ3n) is 6.47. The summed E-state index contributed by atoms with van der Waals surface area (Å²) in [5.41, 5.74) is 1.48. The molecule has 1 atom stereocenters. The van der Waals surface area contributed by atoms with Gasteiger partial charge in [-0.05, 0) is 75.2 Å². The Bertz CT molecular complexity index is 1530. The quantitative estimate of drug-likeness (QED) is 0.241. The molecule has 1 N–H and O–H groups in total. The van der Waals surface area contributed by atoms with Gasteiger partial charge in [0.25, 0.3) is 10.0 Å². The first-order valence-corrected chi connectivity index (χ1v) is 15.8. The van der Waals surface area contributed by atoms with Gasteiger partial charge in [0, 0.05) is 27.7 Å². The molecule has 0 saturated carbocycles. The Morgan fingerprint density at radius 3 is 2.14 bits per heavy atom. The van der Waals surface area contributed by atoms with Gasteiger partial charge in [-0.3, -0.25) is 13.9 Å². The third kappa shape index (κ3) is 8.10. The Labute approximate surface area is 262 Å². The average Bonchev–Trinajstić information content (AvgIpc) is 2.92. The summed E-state index contributed by atoms with van der Waals surface area (Å²) < 4.78 is 34.6. The molecule has 0 bridgehead atoms. The summed E-state index contributed by atoms with van der Waals surface area (Å²) in [6, 6.07) is 14.5. The van der Waals surface area contributed by atoms with Gasteiger partial charge >= 0.3 is 0 Å². The summed E-state index contributed by atoms with van der Waals surface area (Å²) in [4.78, 5) is 28.8. The number of rotatable bonds is 12. The molecule has 0 saturated heterocycles. The van der Waals surface area contributed by atoms with E-state index in [1.807, 2.05) is 20.8 Å². The molecule has 3 aromatic carbocycles. The Kier molecular flexibility index (Phi) is 11.5. The van der Waals surface area contributed by atoms with Crippen molar-refractivity contribution in [2.75, 3.05) is 18.0 Å². The monoisotopic (exact) mass is 653 g/mol. The van der Waals surface area contributed by atoms with Crippen molar-refractivity contribution in [3.63, 3.8) is 0 Å². The van der Waals surface area contributed by atoms with Crippen molar-refractivity contribution in [1.82, 2.24) is 10.2 Å². The van der Waals surface area contributed by atoms with E-state index in [1.54, 1.807) is 43.3 Å². The lowest BCUT2D eigenvalue weighted by Crippen LogP contribution is -2.53. The smallest absolute Gasteiger partial charge is 0.264 e. The number of benzene rings is 3. The molecule has 3 aromatic rings. The molecular weight excluding hydrogens is 621 g/mol. The van der Waals surface area contributed by atoms with Gasteiger partial charge in [0.2, 0.25) is 11.8 Å². The standard InChI is InChI=1S/C30H34Cl3N3O5S/c1-6-26(30(38)34-19(2)3)35(17-21-9-10-22(31)15-25(21)33)29(37)18-36(27-16-23(32)11-14-28(27)41-5)42(39,40)24-12-7-20(4)8-13-24/h7-16,19,26H,6,17-18H2,1-5H3,(H,34,38)/t26-/m0/s1. The highest BCUT2D eigenvalue weighted by atomic mass is 35.5. The fourth-order valence-electron chi connectivity index (χ4n) is 4.34. The highest BCUT2D eigenvalue weighted by Gasteiger charge is 2.35. The topological polar surface area (TPSA) is 96.0 Å². The fraction of sp³-hybridized carbons (Fsp3) is 0.333. The summed E-state index contributed by atoms with van der Waals surface area (Å²) in [5, 5.41) is 3.82. The summed E-state index contributed by atoms with van der Waals surface area (Å²) in [5.74, 6) is -0.816. The number of hydrogen-bond donors (Lipinski definition) is 1. The maximum Gasteiger partial charge on any atom is 0.264 e. The minimum Gasteiger partial charge on any atom is -0.495 e. The van der Waals surface area contributed by atoms with E-state index in [2.05, 4.69) is 5.32 Å². The van der Waals surface area contributed by atoms with E-state index in [-0.39, 0.29) is 46.3 Å². The van der Waals surface area contributed by atoms with Crippen molar-refractivity contribution >= 4 is 62.3 Å². The lowest BCUT2D eigenvalue weighted by molar-refractivity contribution is -0.140. The molecular formula is C30H34Cl3N3O5S. The number of methoxy groups -OCH3 is 1. The zero-order valence-corrected chi connectivity index (χ0v) is 27.1. The van der Waals surface area contributed by atoms with E-state index >= 15 is 0 Å². The molecule has 0 aliphatic heterocycles. The molecule has 2 amide bonds. The van der Waals surface area contributed by atoms with Crippen molar-refractivity contribution < 1.29 is 22.7 Å². The fourth-order valence-corrected chi connectivity index (χ4v) is 6.39. The van der Waals surface area contributed by atoms with Gasteiger partial charge in [0.05, 0.1) is 17.7 Å². The molecule has 0 unspecified atom stereocenters. The van der Waals surface area contributed by atoms with Crippen molar-refractivity contribution in [2.45, 2.75) is 57.6 Å². The van der Waals surface area contributed by atoms with E-state index in [0.717, 1.165) is 9.87 Å². The molecule has 3 rings (SSSR count). The van der Waals surface area contributed by atoms with Crippen LogP contribution in [-0.4, -0.2) is 50.9 Å². The number of anilines is 1. The van der Waals surface area contributed by atoms with Crippen molar-refractivity contribution in [3.8, 4) is 5.75 Å². The van der Waals surface area contributed by atoms with Crippen LogP contribution >= 0.6 is 34.8 Å². The minimum atomic E-state index is -4.30. The van der Waals surface area contributed by atoms with Crippen LogP contribution in [0.5, 0.6) is 5.75 Å². The zero-order valence-electron chi connectivity index (χ0n) is 24.0. The third-order valence-corrected chi connectivity index (χ3v) is 9.07. The van der Waals surface area contributed by atoms with Crippen LogP contribution in [-0.2, 0) is 26.2 Å². The van der Waals surface area contributed by atoms with Gasteiger partial charge in [0.15, 0.2) is 0 Å². The molecule has 0 aliphatic rings. The number of nitrogens with zero attached hydrogens (tertiary/aromatic N) is 2. The van der Waals surface area contributed by atoms with Gasteiger partial charge < -0.3 is 15.0 Å². The first kappa shape index (κ1) is 33.5. The van der Waals surface area contributed by atoms with E-state index < -0.39 is 28.5 Å². The lowest BCUT2D eigenvalue weighted by atomic mass is 10.1. The Morgan fingerprint density at radius 1 is 0.952 bits per heavy atom. The van der Waals surface area contributed by atoms with Crippen molar-refractivity contribution in [2.24, 2.45) is 0 Å². The van der Waals surface area contributed by atoms with Crippen LogP contribution in [0.3, 0.4) is 0 Å². The van der Waals surface area contributed by atoms with Gasteiger partial charge in [-0.15, -0.1) is 0 Å². The van der Waals surface area contributed by atoms with Crippen LogP contribution in [0.4, 0.5) is 5.69 Å². The van der Waals surface area contributed by atoms with Crippen LogP contribution in [0.25, 0.3) is 0 Å². The van der Waals surface area contributed by atoms with E-state index in [1.165, 1.54) is 36.3 Å². The summed E-state index contributed by atoms with van der Waals surface area (Å²) in [7, 11) is -2.91. The zero-order chi connectivity index (χ0) is 31.2. The molecule has 8 nitrogen and oxygen atoms in total. The second-order valence-corrected chi connectivity index (χ2v) is 13.1. The van der Waals surface area contributed by atoms with E-state index in [0.29, 0.717) is 15.6 Å². The molecule has 0 aliphatic carbocycles. The van der Waals surface area contributed by atoms with Crippen LogP contribution < -0.4 is 14.4 Å². The summed E-state index contributed by atoms with van der Waals surface area (Å²) in [6.07, 6.45) is 0.265. The largest absolute Gasteiger partial charge is 0.495 e. The summed E-state index contributed by atoms with van der Waals surface area (Å²) >= 11 is 18.8. The van der Waals surface area contributed by atoms with Crippen molar-refractivity contribution in [3.05, 3.63) is 86.9 Å². The van der Waals surface area contributed by atoms with Crippen molar-refractivity contribution in [1.29, 1.82) is 0 Å². The number of amides is 2. The number of nitrogens with one attached hydrogen (secondary N) is 1. The maximum atomic E-state index is 14.2. The Morgan fingerprint density at radius 2 is 1.57 bits per heavy atom. The molecule has 226 valence electrons. The number of carbonyl (C=O) groups excluding carboxylic acids is 2. The maximum absolute atomic E-state index is 14.2. The number of ether oxygens (including phenoxy) is 1. The number of hydrogen-bond acceptors (Lipinski definition) is 5. The normalized spacial score (nSPS) is 12.1. The second kappa shape index (κ2) is 14.5. The molecule has 0 spiro atoms. The van der Waals surface area contributed by atoms with Gasteiger partial charge in [-0.2, -0.15) is 0 Å². The predicted octanol–water partition coefficient (Wildman–Crippen LogP) is 6.49. The van der Waals surface area contributed by atoms with E-state index in [4.69, 9.17) is 39.5 Å². The SMILES string of the molecule is CC[C@@H](C(=O)NC(C)C)N(Cc1ccc(Cl)cc1Cl)C(=O)CN(c1cc(Cl)ccc1OC)S(=O)(=O)c1ccc(C)cc1. The van der Waals surface area contributed by atoms with Crippen LogP contribution in [0.1, 0.15) is 38.3 Å². The first-order valence-electron chi connectivity index (χ1n) is 13.2. The van der Waals surface area contributed by atoms with Gasteiger partial charge in [-0.25, -0.2) is 8.42 Å². The average molecular weight is 655 g/mol. The molecule has 42 heavy (non-hydrogen) atoms. The van der Waals surface area contributed by atoms with Crippen LogP contribution in [0, 0.1) is 6.92 Å². The first-order chi connectivity index (χ1) is 19.8. The van der Waals surface area contributed by atoms with Gasteiger partial charge in [-0.1, -0.05) is 65.5 Å². The lowest BCUT2D eigenvalue weighted by Gasteiger charge is -2.34. The van der Waals surface area contributed by atoms with Gasteiger partial charge in [0.1, 0.15) is 18.3 Å². The van der Waals surface area contributed by atoms with E-state index in [9.17, 15) is 18.0 Å². The second-order valence-electron chi connectivity index (χ2n) is 9.99. The predicted molar refractivity (Wildman–Crippen MR) is 168 cm³/mol.